The standard InChI is InChI=1S/C24H26F3N3O4/c25-24(26,27)19-6-4-17(5-7-19)15-34-29-22-3-1-2-18-14-20(8-9-21(18)22)33-16-23(31)28-30-10-12-32-13-11-30/h4-9,14H,1-3,10-13,15-16H2,(H,28,31). The number of oxime groups is 1. The van der Waals surface area contributed by atoms with Crippen LogP contribution in [0.5, 0.6) is 5.75 Å². The molecule has 0 bridgehead atoms. The average Bonchev–Trinajstić information content (AvgIpc) is 2.83. The van der Waals surface area contributed by atoms with Gasteiger partial charge in [0.1, 0.15) is 12.4 Å². The van der Waals surface area contributed by atoms with Crippen molar-refractivity contribution in [2.24, 2.45) is 5.16 Å². The molecule has 1 saturated heterocycles. The molecule has 0 aromatic heterocycles. The Balaban J connectivity index is 1.31. The number of rotatable bonds is 7. The number of fused-ring (bicyclic) bond motifs is 1. The van der Waals surface area contributed by atoms with Crippen molar-refractivity contribution in [3.05, 3.63) is 64.7 Å². The summed E-state index contributed by atoms with van der Waals surface area (Å²) in [6, 6.07) is 10.4. The molecule has 4 rings (SSSR count). The smallest absolute Gasteiger partial charge is 0.416 e. The Kier molecular flexibility index (Phi) is 7.69. The Morgan fingerprint density at radius 3 is 2.59 bits per heavy atom. The van der Waals surface area contributed by atoms with Gasteiger partial charge in [0, 0.05) is 18.7 Å². The van der Waals surface area contributed by atoms with Crippen LogP contribution in [-0.2, 0) is 33.6 Å². The Labute approximate surface area is 195 Å². The van der Waals surface area contributed by atoms with Crippen molar-refractivity contribution >= 4 is 11.6 Å². The van der Waals surface area contributed by atoms with E-state index in [0.29, 0.717) is 37.6 Å². The van der Waals surface area contributed by atoms with E-state index in [9.17, 15) is 18.0 Å². The highest BCUT2D eigenvalue weighted by atomic mass is 19.4. The topological polar surface area (TPSA) is 72.4 Å². The molecule has 1 aliphatic heterocycles. The first-order valence-electron chi connectivity index (χ1n) is 11.1. The van der Waals surface area contributed by atoms with Crippen molar-refractivity contribution in [3.63, 3.8) is 0 Å². The number of carbonyl (C=O) groups is 1. The lowest BCUT2D eigenvalue weighted by atomic mass is 9.90. The van der Waals surface area contributed by atoms with Crippen LogP contribution in [0.15, 0.2) is 47.6 Å². The number of halogens is 3. The monoisotopic (exact) mass is 477 g/mol. The third-order valence-corrected chi connectivity index (χ3v) is 5.60. The van der Waals surface area contributed by atoms with Crippen LogP contribution in [0.3, 0.4) is 0 Å². The van der Waals surface area contributed by atoms with E-state index in [2.05, 4.69) is 10.6 Å². The van der Waals surface area contributed by atoms with Gasteiger partial charge in [0.2, 0.25) is 0 Å². The minimum atomic E-state index is -4.36. The summed E-state index contributed by atoms with van der Waals surface area (Å²) < 4.78 is 49.0. The molecule has 0 spiro atoms. The maximum atomic E-state index is 12.7. The highest BCUT2D eigenvalue weighted by Crippen LogP contribution is 2.29. The number of carbonyl (C=O) groups excluding carboxylic acids is 1. The first kappa shape index (κ1) is 24.0. The third-order valence-electron chi connectivity index (χ3n) is 5.60. The lowest BCUT2D eigenvalue weighted by Gasteiger charge is -2.26. The van der Waals surface area contributed by atoms with Crippen molar-refractivity contribution in [2.45, 2.75) is 32.0 Å². The molecule has 0 unspecified atom stereocenters. The molecular formula is C24H26F3N3O4. The van der Waals surface area contributed by atoms with Gasteiger partial charge in [-0.05, 0) is 60.7 Å². The van der Waals surface area contributed by atoms with E-state index >= 15 is 0 Å². The number of morpholine rings is 1. The normalized spacial score (nSPS) is 17.8. The molecule has 0 radical (unpaired) electrons. The van der Waals surface area contributed by atoms with E-state index in [-0.39, 0.29) is 19.1 Å². The minimum Gasteiger partial charge on any atom is -0.484 e. The fourth-order valence-electron chi connectivity index (χ4n) is 3.83. The number of nitrogens with one attached hydrogen (secondary N) is 1. The zero-order valence-electron chi connectivity index (χ0n) is 18.6. The largest absolute Gasteiger partial charge is 0.484 e. The van der Waals surface area contributed by atoms with Gasteiger partial charge < -0.3 is 14.3 Å². The second-order valence-electron chi connectivity index (χ2n) is 8.10. The van der Waals surface area contributed by atoms with Gasteiger partial charge in [-0.3, -0.25) is 10.2 Å². The van der Waals surface area contributed by atoms with Crippen LogP contribution in [0, 0.1) is 0 Å². The first-order chi connectivity index (χ1) is 16.4. The third kappa shape index (κ3) is 6.48. The summed E-state index contributed by atoms with van der Waals surface area (Å²) in [5.74, 6) is 0.376. The Morgan fingerprint density at radius 2 is 1.85 bits per heavy atom. The zero-order chi connectivity index (χ0) is 24.0. The van der Waals surface area contributed by atoms with Crippen molar-refractivity contribution in [1.82, 2.24) is 10.4 Å². The molecule has 2 aromatic carbocycles. The molecule has 7 nitrogen and oxygen atoms in total. The molecular weight excluding hydrogens is 451 g/mol. The van der Waals surface area contributed by atoms with Crippen LogP contribution in [0.2, 0.25) is 0 Å². The van der Waals surface area contributed by atoms with E-state index in [0.717, 1.165) is 48.2 Å². The summed E-state index contributed by atoms with van der Waals surface area (Å²) in [6.07, 6.45) is -1.89. The number of alkyl halides is 3. The van der Waals surface area contributed by atoms with Gasteiger partial charge in [0.05, 0.1) is 24.5 Å². The van der Waals surface area contributed by atoms with E-state index in [1.54, 1.807) is 6.07 Å². The second-order valence-corrected chi connectivity index (χ2v) is 8.10. The van der Waals surface area contributed by atoms with E-state index in [1.807, 2.05) is 17.1 Å². The predicted octanol–water partition coefficient (Wildman–Crippen LogP) is 3.70. The SMILES string of the molecule is O=C(COc1ccc2c(c1)CCCC2=NOCc1ccc(C(F)(F)F)cc1)NN1CCOCC1. The Morgan fingerprint density at radius 1 is 1.09 bits per heavy atom. The molecule has 1 heterocycles. The number of benzene rings is 2. The number of hydrogen-bond acceptors (Lipinski definition) is 6. The molecule has 10 heteroatoms. The Hall–Kier alpha value is -3.11. The molecule has 1 amide bonds. The van der Waals surface area contributed by atoms with Gasteiger partial charge in [-0.1, -0.05) is 17.3 Å². The van der Waals surface area contributed by atoms with Crippen molar-refractivity contribution in [2.75, 3.05) is 32.9 Å². The van der Waals surface area contributed by atoms with Gasteiger partial charge in [0.25, 0.3) is 5.91 Å². The van der Waals surface area contributed by atoms with Gasteiger partial charge >= 0.3 is 6.18 Å². The molecule has 1 N–H and O–H groups in total. The number of aryl methyl sites for hydroxylation is 1. The van der Waals surface area contributed by atoms with Crippen LogP contribution in [-0.4, -0.2) is 49.5 Å². The van der Waals surface area contributed by atoms with Crippen LogP contribution in [0.25, 0.3) is 0 Å². The minimum absolute atomic E-state index is 0.0798. The average molecular weight is 477 g/mol. The maximum absolute atomic E-state index is 12.7. The van der Waals surface area contributed by atoms with Crippen LogP contribution in [0.1, 0.15) is 35.1 Å². The van der Waals surface area contributed by atoms with E-state index in [4.69, 9.17) is 14.3 Å². The number of ether oxygens (including phenoxy) is 2. The molecule has 1 aliphatic carbocycles. The lowest BCUT2D eigenvalue weighted by molar-refractivity contribution is -0.137. The van der Waals surface area contributed by atoms with Gasteiger partial charge in [-0.2, -0.15) is 13.2 Å². The van der Waals surface area contributed by atoms with Crippen LogP contribution >= 0.6 is 0 Å². The van der Waals surface area contributed by atoms with Gasteiger partial charge in [0.15, 0.2) is 6.61 Å². The summed E-state index contributed by atoms with van der Waals surface area (Å²) >= 11 is 0. The second kappa shape index (κ2) is 10.9. The van der Waals surface area contributed by atoms with E-state index in [1.165, 1.54) is 12.1 Å². The molecule has 2 aliphatic rings. The predicted molar refractivity (Wildman–Crippen MR) is 118 cm³/mol. The quantitative estimate of drug-likeness (QED) is 0.616. The summed E-state index contributed by atoms with van der Waals surface area (Å²) in [5.41, 5.74) is 5.49. The van der Waals surface area contributed by atoms with Crippen molar-refractivity contribution in [3.8, 4) is 5.75 Å². The molecule has 34 heavy (non-hydrogen) atoms. The molecule has 182 valence electrons. The highest BCUT2D eigenvalue weighted by molar-refractivity contribution is 6.02. The van der Waals surface area contributed by atoms with Crippen molar-refractivity contribution in [1.29, 1.82) is 0 Å². The van der Waals surface area contributed by atoms with Crippen LogP contribution in [0.4, 0.5) is 13.2 Å². The molecule has 2 aromatic rings. The van der Waals surface area contributed by atoms with Gasteiger partial charge in [-0.15, -0.1) is 0 Å². The first-order valence-corrected chi connectivity index (χ1v) is 11.1. The number of hydrogen-bond donors (Lipinski definition) is 1. The molecule has 1 fully saturated rings. The zero-order valence-corrected chi connectivity index (χ0v) is 18.6. The lowest BCUT2D eigenvalue weighted by Crippen LogP contribution is -2.49. The highest BCUT2D eigenvalue weighted by Gasteiger charge is 2.30. The number of nitrogens with zero attached hydrogens (tertiary/aromatic N) is 2. The fourth-order valence-corrected chi connectivity index (χ4v) is 3.83. The summed E-state index contributed by atoms with van der Waals surface area (Å²) in [5, 5.41) is 6.05. The molecule has 0 saturated carbocycles. The number of hydrazine groups is 1. The number of amides is 1. The summed E-state index contributed by atoms with van der Waals surface area (Å²) in [6.45, 7) is 2.46. The van der Waals surface area contributed by atoms with Crippen LogP contribution < -0.4 is 10.2 Å². The summed E-state index contributed by atoms with van der Waals surface area (Å²) in [4.78, 5) is 17.6. The van der Waals surface area contributed by atoms with Gasteiger partial charge in [-0.25, -0.2) is 5.01 Å². The van der Waals surface area contributed by atoms with E-state index < -0.39 is 11.7 Å². The summed E-state index contributed by atoms with van der Waals surface area (Å²) in [7, 11) is 0. The molecule has 0 atom stereocenters. The van der Waals surface area contributed by atoms with Crippen molar-refractivity contribution < 1.29 is 32.3 Å². The Bertz CT molecular complexity index is 1020. The fraction of sp³-hybridized carbons (Fsp3) is 0.417. The maximum Gasteiger partial charge on any atom is 0.416 e.